The van der Waals surface area contributed by atoms with Crippen molar-refractivity contribution in [2.45, 2.75) is 26.4 Å². The summed E-state index contributed by atoms with van der Waals surface area (Å²) in [5.74, 6) is 1.02. The lowest BCUT2D eigenvalue weighted by molar-refractivity contribution is 0.219. The van der Waals surface area contributed by atoms with Crippen LogP contribution in [0.5, 0.6) is 0 Å². The van der Waals surface area contributed by atoms with E-state index in [1.807, 2.05) is 18.2 Å². The van der Waals surface area contributed by atoms with Crippen LogP contribution in [0.15, 0.2) is 28.7 Å². The van der Waals surface area contributed by atoms with Crippen molar-refractivity contribution in [3.8, 4) is 0 Å². The van der Waals surface area contributed by atoms with Gasteiger partial charge in [0.1, 0.15) is 11.3 Å². The summed E-state index contributed by atoms with van der Waals surface area (Å²) in [7, 11) is 4.22. The van der Waals surface area contributed by atoms with Crippen LogP contribution in [0.1, 0.15) is 24.7 Å². The number of para-hydroxylation sites is 1. The fourth-order valence-corrected chi connectivity index (χ4v) is 2.63. The Hall–Kier alpha value is -1.36. The van der Waals surface area contributed by atoms with Crippen molar-refractivity contribution in [2.24, 2.45) is 5.73 Å². The fraction of sp³-hybridized carbons (Fsp3) is 0.529. The Morgan fingerprint density at radius 1 is 1.10 bits per heavy atom. The predicted octanol–water partition coefficient (Wildman–Crippen LogP) is 2.67. The van der Waals surface area contributed by atoms with Gasteiger partial charge in [-0.05, 0) is 33.1 Å². The first kappa shape index (κ1) is 16.0. The summed E-state index contributed by atoms with van der Waals surface area (Å²) in [6.07, 6.45) is 1.14. The average molecular weight is 289 g/mol. The van der Waals surface area contributed by atoms with E-state index in [0.717, 1.165) is 54.9 Å². The van der Waals surface area contributed by atoms with Crippen LogP contribution in [0, 0.1) is 0 Å². The Kier molecular flexibility index (Phi) is 5.79. The molecular formula is C17H27N3O. The van der Waals surface area contributed by atoms with Gasteiger partial charge in [0.15, 0.2) is 0 Å². The molecule has 0 saturated carbocycles. The Labute approximate surface area is 127 Å². The number of likely N-dealkylation sites (N-methyl/N-ethyl adjacent to an activating group) is 1. The molecule has 2 N–H and O–H groups in total. The summed E-state index contributed by atoms with van der Waals surface area (Å²) in [4.78, 5) is 4.65. The highest BCUT2D eigenvalue weighted by atomic mass is 16.3. The van der Waals surface area contributed by atoms with Crippen LogP contribution in [0.25, 0.3) is 11.0 Å². The molecule has 0 fully saturated rings. The number of fused-ring (bicyclic) bond motifs is 1. The third-order valence-electron chi connectivity index (χ3n) is 3.76. The Morgan fingerprint density at radius 2 is 1.86 bits per heavy atom. The average Bonchev–Trinajstić information content (AvgIpc) is 2.82. The number of hydrogen-bond donors (Lipinski definition) is 1. The zero-order valence-electron chi connectivity index (χ0n) is 13.4. The van der Waals surface area contributed by atoms with E-state index in [4.69, 9.17) is 10.2 Å². The maximum atomic E-state index is 6.04. The van der Waals surface area contributed by atoms with Gasteiger partial charge in [0.05, 0.1) is 6.54 Å². The van der Waals surface area contributed by atoms with Crippen molar-refractivity contribution >= 4 is 11.0 Å². The SMILES string of the molecule is CCCN(CCN(C)C)Cc1oc2ccccc2c1CN. The van der Waals surface area contributed by atoms with Gasteiger partial charge < -0.3 is 15.1 Å². The highest BCUT2D eigenvalue weighted by molar-refractivity contribution is 5.82. The van der Waals surface area contributed by atoms with Crippen LogP contribution < -0.4 is 5.73 Å². The van der Waals surface area contributed by atoms with Crippen molar-refractivity contribution in [3.63, 3.8) is 0 Å². The lowest BCUT2D eigenvalue weighted by Gasteiger charge is -2.23. The van der Waals surface area contributed by atoms with Gasteiger partial charge >= 0.3 is 0 Å². The van der Waals surface area contributed by atoms with Crippen LogP contribution in [-0.4, -0.2) is 43.5 Å². The smallest absolute Gasteiger partial charge is 0.134 e. The van der Waals surface area contributed by atoms with E-state index in [2.05, 4.69) is 36.9 Å². The molecule has 0 amide bonds. The van der Waals surface area contributed by atoms with E-state index >= 15 is 0 Å². The molecule has 1 heterocycles. The van der Waals surface area contributed by atoms with Gasteiger partial charge in [0, 0.05) is 30.6 Å². The number of nitrogens with zero attached hydrogens (tertiary/aromatic N) is 2. The monoisotopic (exact) mass is 289 g/mol. The van der Waals surface area contributed by atoms with Gasteiger partial charge in [-0.3, -0.25) is 4.90 Å². The number of benzene rings is 1. The summed E-state index contributed by atoms with van der Waals surface area (Å²) >= 11 is 0. The molecule has 0 bridgehead atoms. The van der Waals surface area contributed by atoms with E-state index in [1.165, 1.54) is 0 Å². The highest BCUT2D eigenvalue weighted by Gasteiger charge is 2.15. The largest absolute Gasteiger partial charge is 0.459 e. The molecule has 2 aromatic rings. The zero-order chi connectivity index (χ0) is 15.2. The molecule has 0 radical (unpaired) electrons. The van der Waals surface area contributed by atoms with Gasteiger partial charge in [0.25, 0.3) is 0 Å². The van der Waals surface area contributed by atoms with Crippen molar-refractivity contribution in [1.29, 1.82) is 0 Å². The Bertz CT molecular complexity index is 562. The van der Waals surface area contributed by atoms with Gasteiger partial charge in [-0.25, -0.2) is 0 Å². The van der Waals surface area contributed by atoms with Crippen LogP contribution in [0.2, 0.25) is 0 Å². The standard InChI is InChI=1S/C17H27N3O/c1-4-9-20(11-10-19(2)3)13-17-15(12-18)14-7-5-6-8-16(14)21-17/h5-8H,4,9-13,18H2,1-3H3. The molecule has 0 aliphatic heterocycles. The number of hydrogen-bond acceptors (Lipinski definition) is 4. The Morgan fingerprint density at radius 3 is 2.52 bits per heavy atom. The first-order chi connectivity index (χ1) is 10.2. The van der Waals surface area contributed by atoms with Crippen molar-refractivity contribution in [1.82, 2.24) is 9.80 Å². The molecule has 21 heavy (non-hydrogen) atoms. The third kappa shape index (κ3) is 4.06. The van der Waals surface area contributed by atoms with Gasteiger partial charge in [0.2, 0.25) is 0 Å². The molecule has 0 saturated heterocycles. The van der Waals surface area contributed by atoms with Crippen molar-refractivity contribution in [2.75, 3.05) is 33.7 Å². The quantitative estimate of drug-likeness (QED) is 0.811. The molecule has 0 spiro atoms. The van der Waals surface area contributed by atoms with E-state index in [0.29, 0.717) is 6.54 Å². The maximum absolute atomic E-state index is 6.04. The minimum absolute atomic E-state index is 0.528. The molecule has 0 aliphatic rings. The van der Waals surface area contributed by atoms with Crippen LogP contribution in [0.4, 0.5) is 0 Å². The summed E-state index contributed by atoms with van der Waals surface area (Å²) in [5.41, 5.74) is 8.04. The second kappa shape index (κ2) is 7.59. The molecule has 1 aromatic heterocycles. The van der Waals surface area contributed by atoms with E-state index in [1.54, 1.807) is 0 Å². The number of furan rings is 1. The Balaban J connectivity index is 2.19. The second-order valence-electron chi connectivity index (χ2n) is 5.78. The second-order valence-corrected chi connectivity index (χ2v) is 5.78. The van der Waals surface area contributed by atoms with E-state index in [9.17, 15) is 0 Å². The summed E-state index contributed by atoms with van der Waals surface area (Å²) in [5, 5.41) is 1.15. The molecule has 0 atom stereocenters. The molecular weight excluding hydrogens is 262 g/mol. The molecule has 0 aliphatic carbocycles. The molecule has 4 heteroatoms. The first-order valence-corrected chi connectivity index (χ1v) is 7.72. The van der Waals surface area contributed by atoms with Crippen LogP contribution >= 0.6 is 0 Å². The minimum atomic E-state index is 0.528. The van der Waals surface area contributed by atoms with Crippen molar-refractivity contribution in [3.05, 3.63) is 35.6 Å². The zero-order valence-corrected chi connectivity index (χ0v) is 13.4. The summed E-state index contributed by atoms with van der Waals surface area (Å²) in [6.45, 7) is 6.75. The highest BCUT2D eigenvalue weighted by Crippen LogP contribution is 2.26. The summed E-state index contributed by atoms with van der Waals surface area (Å²) < 4.78 is 6.04. The number of rotatable bonds is 8. The van der Waals surface area contributed by atoms with Gasteiger partial charge in [-0.1, -0.05) is 25.1 Å². The van der Waals surface area contributed by atoms with Crippen molar-refractivity contribution < 1.29 is 4.42 Å². The van der Waals surface area contributed by atoms with Crippen LogP contribution in [0.3, 0.4) is 0 Å². The molecule has 0 unspecified atom stereocenters. The normalized spacial score (nSPS) is 11.9. The van der Waals surface area contributed by atoms with E-state index < -0.39 is 0 Å². The van der Waals surface area contributed by atoms with Gasteiger partial charge in [-0.15, -0.1) is 0 Å². The predicted molar refractivity (Wildman–Crippen MR) is 88.2 cm³/mol. The lowest BCUT2D eigenvalue weighted by atomic mass is 10.1. The minimum Gasteiger partial charge on any atom is -0.459 e. The lowest BCUT2D eigenvalue weighted by Crippen LogP contribution is -2.32. The molecule has 116 valence electrons. The topological polar surface area (TPSA) is 45.6 Å². The maximum Gasteiger partial charge on any atom is 0.134 e. The molecule has 1 aromatic carbocycles. The third-order valence-corrected chi connectivity index (χ3v) is 3.76. The van der Waals surface area contributed by atoms with Crippen LogP contribution in [-0.2, 0) is 13.1 Å². The summed E-state index contributed by atoms with van der Waals surface area (Å²) in [6, 6.07) is 8.15. The molecule has 2 rings (SSSR count). The first-order valence-electron chi connectivity index (χ1n) is 7.72. The van der Waals surface area contributed by atoms with Gasteiger partial charge in [-0.2, -0.15) is 0 Å². The fourth-order valence-electron chi connectivity index (χ4n) is 2.63. The number of nitrogens with two attached hydrogens (primary N) is 1. The van der Waals surface area contributed by atoms with E-state index in [-0.39, 0.29) is 0 Å². The molecule has 4 nitrogen and oxygen atoms in total.